The molecule has 0 aromatic rings. The average Bonchev–Trinajstić information content (AvgIpc) is 2.29. The molecule has 1 heterocycles. The summed E-state index contributed by atoms with van der Waals surface area (Å²) < 4.78 is 0. The molecule has 0 spiro atoms. The predicted octanol–water partition coefficient (Wildman–Crippen LogP) is 1.06. The van der Waals surface area contributed by atoms with E-state index in [0.29, 0.717) is 6.61 Å². The summed E-state index contributed by atoms with van der Waals surface area (Å²) in [5.74, 6) is 0.261. The summed E-state index contributed by atoms with van der Waals surface area (Å²) in [5, 5.41) is 1.56. The molecule has 2 N–H and O–H groups in total. The fraction of sp³-hybridized carbons (Fsp3) is 0.909. The monoisotopic (exact) mass is 212 g/mol. The molecule has 2 atom stereocenters. The summed E-state index contributed by atoms with van der Waals surface area (Å²) in [7, 11) is 0. The Morgan fingerprint density at radius 2 is 2.13 bits per heavy atom. The van der Waals surface area contributed by atoms with Gasteiger partial charge in [0.25, 0.3) is 0 Å². The number of nitrogens with zero attached hydrogens (tertiary/aromatic N) is 1. The number of hydrogen-bond acceptors (Lipinski definition) is 3. The minimum Gasteiger partial charge on any atom is -0.328 e. The van der Waals surface area contributed by atoms with Gasteiger partial charge >= 0.3 is 0 Å². The molecule has 0 aromatic carbocycles. The van der Waals surface area contributed by atoms with Crippen molar-refractivity contribution in [3.63, 3.8) is 0 Å². The summed E-state index contributed by atoms with van der Waals surface area (Å²) in [6, 6.07) is 0.206. The fourth-order valence-electron chi connectivity index (χ4n) is 2.43. The van der Waals surface area contributed by atoms with Gasteiger partial charge in [0.2, 0.25) is 5.91 Å². The standard InChI is InChI=1S/C11H20N2O2/c12-10-5-3-4-9(8-10)11(14)13-6-1-2-7-15-13/h9-10H,1-8,12H2. The van der Waals surface area contributed by atoms with Crippen molar-refractivity contribution in [3.8, 4) is 0 Å². The van der Waals surface area contributed by atoms with Crippen LogP contribution in [-0.2, 0) is 9.63 Å². The molecular formula is C11H20N2O2. The van der Waals surface area contributed by atoms with Gasteiger partial charge in [-0.15, -0.1) is 0 Å². The molecule has 4 nitrogen and oxygen atoms in total. The second kappa shape index (κ2) is 4.94. The Balaban J connectivity index is 1.88. The molecule has 1 amide bonds. The Hall–Kier alpha value is -0.610. The Bertz CT molecular complexity index is 227. The van der Waals surface area contributed by atoms with Gasteiger partial charge < -0.3 is 5.73 Å². The first-order valence-electron chi connectivity index (χ1n) is 5.97. The van der Waals surface area contributed by atoms with Crippen LogP contribution in [0.2, 0.25) is 0 Å². The minimum atomic E-state index is 0.104. The molecule has 1 saturated heterocycles. The third kappa shape index (κ3) is 2.69. The third-order valence-corrected chi connectivity index (χ3v) is 3.31. The lowest BCUT2D eigenvalue weighted by Crippen LogP contribution is -2.42. The molecule has 2 unspecified atom stereocenters. The van der Waals surface area contributed by atoms with Crippen LogP contribution in [-0.4, -0.2) is 30.2 Å². The Kier molecular flexibility index (Phi) is 3.59. The molecule has 4 heteroatoms. The molecule has 86 valence electrons. The van der Waals surface area contributed by atoms with Crippen molar-refractivity contribution in [1.29, 1.82) is 0 Å². The summed E-state index contributed by atoms with van der Waals surface area (Å²) in [5.41, 5.74) is 5.88. The predicted molar refractivity (Wildman–Crippen MR) is 56.8 cm³/mol. The molecule has 0 bridgehead atoms. The van der Waals surface area contributed by atoms with E-state index in [2.05, 4.69) is 0 Å². The molecule has 1 aliphatic carbocycles. The van der Waals surface area contributed by atoms with E-state index in [1.54, 1.807) is 5.06 Å². The maximum absolute atomic E-state index is 12.0. The van der Waals surface area contributed by atoms with E-state index < -0.39 is 0 Å². The summed E-state index contributed by atoms with van der Waals surface area (Å²) in [4.78, 5) is 17.4. The van der Waals surface area contributed by atoms with Gasteiger partial charge in [0.05, 0.1) is 6.61 Å². The maximum atomic E-state index is 12.0. The molecule has 2 fully saturated rings. The van der Waals surface area contributed by atoms with Crippen LogP contribution in [0.1, 0.15) is 38.5 Å². The van der Waals surface area contributed by atoms with Gasteiger partial charge in [0.15, 0.2) is 0 Å². The van der Waals surface area contributed by atoms with E-state index in [1.807, 2.05) is 0 Å². The Labute approximate surface area is 90.7 Å². The lowest BCUT2D eigenvalue weighted by molar-refractivity contribution is -0.202. The third-order valence-electron chi connectivity index (χ3n) is 3.31. The van der Waals surface area contributed by atoms with E-state index in [0.717, 1.165) is 45.1 Å². The number of carbonyl (C=O) groups is 1. The second-order valence-corrected chi connectivity index (χ2v) is 4.60. The highest BCUT2D eigenvalue weighted by Gasteiger charge is 2.30. The zero-order valence-electron chi connectivity index (χ0n) is 9.15. The zero-order chi connectivity index (χ0) is 10.7. The van der Waals surface area contributed by atoms with Crippen molar-refractivity contribution < 1.29 is 9.63 Å². The van der Waals surface area contributed by atoms with E-state index in [4.69, 9.17) is 10.6 Å². The van der Waals surface area contributed by atoms with Crippen molar-refractivity contribution in [2.45, 2.75) is 44.6 Å². The molecule has 1 aliphatic heterocycles. The smallest absolute Gasteiger partial charge is 0.249 e. The average molecular weight is 212 g/mol. The number of amides is 1. The first-order valence-corrected chi connectivity index (χ1v) is 5.97. The zero-order valence-corrected chi connectivity index (χ0v) is 9.15. The highest BCUT2D eigenvalue weighted by atomic mass is 16.7. The van der Waals surface area contributed by atoms with Crippen molar-refractivity contribution in [3.05, 3.63) is 0 Å². The van der Waals surface area contributed by atoms with E-state index >= 15 is 0 Å². The van der Waals surface area contributed by atoms with Gasteiger partial charge in [-0.1, -0.05) is 6.42 Å². The SMILES string of the molecule is NC1CCCC(C(=O)N2CCCCO2)C1. The Morgan fingerprint density at radius 1 is 1.27 bits per heavy atom. The van der Waals surface area contributed by atoms with Crippen LogP contribution in [0.15, 0.2) is 0 Å². The number of rotatable bonds is 1. The molecule has 2 rings (SSSR count). The molecule has 2 aliphatic rings. The van der Waals surface area contributed by atoms with Gasteiger partial charge in [-0.2, -0.15) is 0 Å². The number of nitrogens with two attached hydrogens (primary N) is 1. The molecule has 15 heavy (non-hydrogen) atoms. The van der Waals surface area contributed by atoms with Crippen molar-refractivity contribution >= 4 is 5.91 Å². The second-order valence-electron chi connectivity index (χ2n) is 4.60. The minimum absolute atomic E-state index is 0.104. The van der Waals surface area contributed by atoms with Gasteiger partial charge in [-0.05, 0) is 32.1 Å². The fourth-order valence-corrected chi connectivity index (χ4v) is 2.43. The largest absolute Gasteiger partial charge is 0.328 e. The summed E-state index contributed by atoms with van der Waals surface area (Å²) in [6.07, 6.45) is 6.07. The lowest BCUT2D eigenvalue weighted by Gasteiger charge is -2.32. The normalized spacial score (nSPS) is 32.7. The summed E-state index contributed by atoms with van der Waals surface area (Å²) in [6.45, 7) is 1.44. The van der Waals surface area contributed by atoms with E-state index in [-0.39, 0.29) is 17.9 Å². The quantitative estimate of drug-likeness (QED) is 0.707. The first kappa shape index (κ1) is 10.9. The number of hydroxylamine groups is 2. The van der Waals surface area contributed by atoms with Crippen LogP contribution >= 0.6 is 0 Å². The van der Waals surface area contributed by atoms with Crippen LogP contribution in [0.25, 0.3) is 0 Å². The van der Waals surface area contributed by atoms with Gasteiger partial charge in [0.1, 0.15) is 0 Å². The molecule has 1 saturated carbocycles. The van der Waals surface area contributed by atoms with Crippen LogP contribution in [0.3, 0.4) is 0 Å². The highest BCUT2D eigenvalue weighted by Crippen LogP contribution is 2.25. The number of carbonyl (C=O) groups excluding carboxylic acids is 1. The van der Waals surface area contributed by atoms with Crippen LogP contribution in [0.4, 0.5) is 0 Å². The maximum Gasteiger partial charge on any atom is 0.249 e. The van der Waals surface area contributed by atoms with Crippen LogP contribution in [0.5, 0.6) is 0 Å². The van der Waals surface area contributed by atoms with Gasteiger partial charge in [0, 0.05) is 18.5 Å². The Morgan fingerprint density at radius 3 is 2.80 bits per heavy atom. The van der Waals surface area contributed by atoms with E-state index in [1.165, 1.54) is 0 Å². The summed E-state index contributed by atoms with van der Waals surface area (Å²) >= 11 is 0. The number of hydrogen-bond donors (Lipinski definition) is 1. The van der Waals surface area contributed by atoms with Crippen molar-refractivity contribution in [1.82, 2.24) is 5.06 Å². The van der Waals surface area contributed by atoms with Gasteiger partial charge in [-0.3, -0.25) is 9.63 Å². The molecular weight excluding hydrogens is 192 g/mol. The van der Waals surface area contributed by atoms with E-state index in [9.17, 15) is 4.79 Å². The van der Waals surface area contributed by atoms with Crippen molar-refractivity contribution in [2.24, 2.45) is 11.7 Å². The molecule has 0 radical (unpaired) electrons. The van der Waals surface area contributed by atoms with Crippen LogP contribution in [0, 0.1) is 5.92 Å². The van der Waals surface area contributed by atoms with Crippen molar-refractivity contribution in [2.75, 3.05) is 13.2 Å². The molecule has 0 aromatic heterocycles. The lowest BCUT2D eigenvalue weighted by atomic mass is 9.85. The topological polar surface area (TPSA) is 55.6 Å². The van der Waals surface area contributed by atoms with Crippen LogP contribution < -0.4 is 5.73 Å². The van der Waals surface area contributed by atoms with Gasteiger partial charge in [-0.25, -0.2) is 5.06 Å². The highest BCUT2D eigenvalue weighted by molar-refractivity contribution is 5.78. The first-order chi connectivity index (χ1) is 7.27.